The molecule has 9 heteroatoms. The molecule has 1 aliphatic rings. The van der Waals surface area contributed by atoms with Crippen LogP contribution in [0.2, 0.25) is 5.02 Å². The summed E-state index contributed by atoms with van der Waals surface area (Å²) >= 11 is 5.98. The van der Waals surface area contributed by atoms with Crippen LogP contribution in [0.25, 0.3) is 0 Å². The maximum absolute atomic E-state index is 13.1. The van der Waals surface area contributed by atoms with Crippen LogP contribution in [-0.2, 0) is 14.8 Å². The highest BCUT2D eigenvalue weighted by Crippen LogP contribution is 2.28. The van der Waals surface area contributed by atoms with Crippen molar-refractivity contribution in [2.75, 3.05) is 11.9 Å². The lowest BCUT2D eigenvalue weighted by atomic mass is 9.85. The lowest BCUT2D eigenvalue weighted by molar-refractivity contribution is -0.123. The summed E-state index contributed by atoms with van der Waals surface area (Å²) in [6, 6.07) is 11.6. The van der Waals surface area contributed by atoms with Crippen LogP contribution >= 0.6 is 11.6 Å². The number of phenols is 1. The number of halogens is 1. The van der Waals surface area contributed by atoms with Crippen molar-refractivity contribution in [3.63, 3.8) is 0 Å². The zero-order chi connectivity index (χ0) is 23.8. The molecule has 2 aromatic carbocycles. The standard InChI is InChI=1S/C24H32ClN3O4S/c1-17(16-26-20-10-12-21(29)13-11-20)27-24(30)23(14-18-6-3-2-4-7-18)28-33(31,32)22-9-5-8-19(25)15-22/h5,8-13,15,17-18,23,26,28-29H,2-4,6-7,14,16H2,1H3,(H,27,30)/t17-,23-/m0/s1. The molecule has 0 bridgehead atoms. The first-order chi connectivity index (χ1) is 15.7. The fraction of sp³-hybridized carbons (Fsp3) is 0.458. The van der Waals surface area contributed by atoms with Gasteiger partial charge in [0.2, 0.25) is 15.9 Å². The maximum Gasteiger partial charge on any atom is 0.241 e. The van der Waals surface area contributed by atoms with Gasteiger partial charge in [-0.25, -0.2) is 8.42 Å². The van der Waals surface area contributed by atoms with E-state index in [1.807, 2.05) is 6.92 Å². The number of nitrogens with one attached hydrogen (secondary N) is 3. The van der Waals surface area contributed by atoms with Crippen LogP contribution in [0.15, 0.2) is 53.4 Å². The molecular formula is C24H32ClN3O4S. The van der Waals surface area contributed by atoms with Gasteiger partial charge in [-0.15, -0.1) is 0 Å². The van der Waals surface area contributed by atoms with Gasteiger partial charge < -0.3 is 15.7 Å². The molecule has 2 atom stereocenters. The monoisotopic (exact) mass is 493 g/mol. The third-order valence-electron chi connectivity index (χ3n) is 5.88. The number of hydrogen-bond acceptors (Lipinski definition) is 5. The van der Waals surface area contributed by atoms with E-state index in [4.69, 9.17) is 11.6 Å². The van der Waals surface area contributed by atoms with Gasteiger partial charge in [0.1, 0.15) is 11.8 Å². The van der Waals surface area contributed by atoms with Crippen molar-refractivity contribution >= 4 is 33.2 Å². The topological polar surface area (TPSA) is 108 Å². The summed E-state index contributed by atoms with van der Waals surface area (Å²) in [5.74, 6) is 0.146. The number of carbonyl (C=O) groups is 1. The van der Waals surface area contributed by atoms with Crippen LogP contribution in [0.3, 0.4) is 0 Å². The van der Waals surface area contributed by atoms with E-state index >= 15 is 0 Å². The minimum atomic E-state index is -3.91. The highest BCUT2D eigenvalue weighted by Gasteiger charge is 2.30. The predicted octanol–water partition coefficient (Wildman–Crippen LogP) is 4.28. The summed E-state index contributed by atoms with van der Waals surface area (Å²) in [5.41, 5.74) is 0.814. The Labute approximate surface area is 201 Å². The Morgan fingerprint density at radius 3 is 2.48 bits per heavy atom. The Bertz CT molecular complexity index is 1020. The van der Waals surface area contributed by atoms with Gasteiger partial charge in [-0.05, 0) is 61.7 Å². The molecule has 7 nitrogen and oxygen atoms in total. The number of phenolic OH excluding ortho intramolecular Hbond substituents is 1. The molecule has 0 spiro atoms. The van der Waals surface area contributed by atoms with E-state index in [9.17, 15) is 18.3 Å². The molecule has 1 fully saturated rings. The summed E-state index contributed by atoms with van der Waals surface area (Å²) in [7, 11) is -3.91. The van der Waals surface area contributed by atoms with Crippen LogP contribution in [0.5, 0.6) is 5.75 Å². The van der Waals surface area contributed by atoms with Crippen molar-refractivity contribution < 1.29 is 18.3 Å². The summed E-state index contributed by atoms with van der Waals surface area (Å²) in [6.07, 6.45) is 5.85. The molecule has 3 rings (SSSR count). The summed E-state index contributed by atoms with van der Waals surface area (Å²) in [5, 5.41) is 15.8. The molecule has 33 heavy (non-hydrogen) atoms. The van der Waals surface area contributed by atoms with Crippen molar-refractivity contribution in [1.29, 1.82) is 0 Å². The van der Waals surface area contributed by atoms with Crippen molar-refractivity contribution in [3.05, 3.63) is 53.6 Å². The van der Waals surface area contributed by atoms with Crippen molar-refractivity contribution in [3.8, 4) is 5.75 Å². The first-order valence-corrected chi connectivity index (χ1v) is 13.2. The fourth-order valence-electron chi connectivity index (χ4n) is 4.10. The van der Waals surface area contributed by atoms with Gasteiger partial charge >= 0.3 is 0 Å². The highest BCUT2D eigenvalue weighted by molar-refractivity contribution is 7.89. The second-order valence-corrected chi connectivity index (χ2v) is 10.9. The highest BCUT2D eigenvalue weighted by atomic mass is 35.5. The number of benzene rings is 2. The molecule has 0 aromatic heterocycles. The van der Waals surface area contributed by atoms with E-state index in [0.717, 1.165) is 31.4 Å². The molecule has 1 amide bonds. The molecule has 0 heterocycles. The average Bonchev–Trinajstić information content (AvgIpc) is 2.79. The van der Waals surface area contributed by atoms with E-state index in [1.54, 1.807) is 36.4 Å². The van der Waals surface area contributed by atoms with Gasteiger partial charge in [0, 0.05) is 23.3 Å². The van der Waals surface area contributed by atoms with Crippen LogP contribution in [0.1, 0.15) is 45.4 Å². The largest absolute Gasteiger partial charge is 0.508 e. The van der Waals surface area contributed by atoms with Gasteiger partial charge in [0.25, 0.3) is 0 Å². The predicted molar refractivity (Wildman–Crippen MR) is 131 cm³/mol. The third-order valence-corrected chi connectivity index (χ3v) is 7.59. The third kappa shape index (κ3) is 7.91. The minimum Gasteiger partial charge on any atom is -0.508 e. The van der Waals surface area contributed by atoms with Crippen molar-refractivity contribution in [2.24, 2.45) is 5.92 Å². The maximum atomic E-state index is 13.1. The Morgan fingerprint density at radius 2 is 1.82 bits per heavy atom. The summed E-state index contributed by atoms with van der Waals surface area (Å²) in [4.78, 5) is 13.2. The molecule has 0 saturated heterocycles. The molecule has 180 valence electrons. The van der Waals surface area contributed by atoms with Gasteiger partial charge in [0.15, 0.2) is 0 Å². The lowest BCUT2D eigenvalue weighted by Crippen LogP contribution is -2.51. The number of rotatable bonds is 10. The van der Waals surface area contributed by atoms with Crippen LogP contribution in [-0.4, -0.2) is 38.1 Å². The van der Waals surface area contributed by atoms with Crippen molar-refractivity contribution in [1.82, 2.24) is 10.0 Å². The van der Waals surface area contributed by atoms with Gasteiger partial charge in [-0.1, -0.05) is 49.8 Å². The number of aromatic hydroxyl groups is 1. The Hall–Kier alpha value is -2.29. The van der Waals surface area contributed by atoms with Gasteiger partial charge in [-0.3, -0.25) is 4.79 Å². The van der Waals surface area contributed by atoms with E-state index < -0.39 is 16.1 Å². The van der Waals surface area contributed by atoms with Crippen LogP contribution in [0, 0.1) is 5.92 Å². The summed E-state index contributed by atoms with van der Waals surface area (Å²) < 4.78 is 28.6. The first-order valence-electron chi connectivity index (χ1n) is 11.3. The Morgan fingerprint density at radius 1 is 1.12 bits per heavy atom. The molecule has 0 radical (unpaired) electrons. The molecule has 1 aliphatic carbocycles. The van der Waals surface area contributed by atoms with Crippen molar-refractivity contribution in [2.45, 2.75) is 62.4 Å². The van der Waals surface area contributed by atoms with E-state index in [1.165, 1.54) is 18.6 Å². The fourth-order valence-corrected chi connectivity index (χ4v) is 5.61. The van der Waals surface area contributed by atoms with E-state index in [0.29, 0.717) is 23.9 Å². The number of sulfonamides is 1. The number of carbonyl (C=O) groups excluding carboxylic acids is 1. The summed E-state index contributed by atoms with van der Waals surface area (Å²) in [6.45, 7) is 2.31. The second-order valence-electron chi connectivity index (χ2n) is 8.71. The SMILES string of the molecule is C[C@@H](CNc1ccc(O)cc1)NC(=O)[C@H](CC1CCCCC1)NS(=O)(=O)c1cccc(Cl)c1. The number of hydrogen-bond donors (Lipinski definition) is 4. The van der Waals surface area contributed by atoms with E-state index in [-0.39, 0.29) is 22.6 Å². The Balaban J connectivity index is 1.66. The molecule has 0 unspecified atom stereocenters. The zero-order valence-corrected chi connectivity index (χ0v) is 20.3. The van der Waals surface area contributed by atoms with Gasteiger partial charge in [-0.2, -0.15) is 4.72 Å². The van der Waals surface area contributed by atoms with Crippen LogP contribution in [0.4, 0.5) is 5.69 Å². The van der Waals surface area contributed by atoms with Gasteiger partial charge in [0.05, 0.1) is 4.90 Å². The quantitative estimate of drug-likeness (QED) is 0.369. The molecule has 4 N–H and O–H groups in total. The smallest absolute Gasteiger partial charge is 0.241 e. The number of anilines is 1. The van der Waals surface area contributed by atoms with E-state index in [2.05, 4.69) is 15.4 Å². The molecule has 2 aromatic rings. The average molecular weight is 494 g/mol. The molecule has 1 saturated carbocycles. The Kier molecular flexibility index (Phi) is 9.00. The zero-order valence-electron chi connectivity index (χ0n) is 18.8. The number of amides is 1. The normalized spacial score (nSPS) is 16.7. The lowest BCUT2D eigenvalue weighted by Gasteiger charge is -2.27. The van der Waals surface area contributed by atoms with Crippen LogP contribution < -0.4 is 15.4 Å². The second kappa shape index (κ2) is 11.7. The molecular weight excluding hydrogens is 462 g/mol. The first kappa shape index (κ1) is 25.3. The molecule has 0 aliphatic heterocycles. The minimum absolute atomic E-state index is 0.0403.